The smallest absolute Gasteiger partial charge is 0.432 e. The van der Waals surface area contributed by atoms with E-state index in [1.807, 2.05) is 4.90 Å². The van der Waals surface area contributed by atoms with E-state index in [2.05, 4.69) is 5.32 Å². The molecule has 1 heterocycles. The predicted molar refractivity (Wildman–Crippen MR) is 77.2 cm³/mol. The van der Waals surface area contributed by atoms with Crippen LogP contribution in [0.15, 0.2) is 0 Å². The molecule has 0 aliphatic carbocycles. The van der Waals surface area contributed by atoms with Gasteiger partial charge < -0.3 is 19.3 Å². The van der Waals surface area contributed by atoms with Crippen molar-refractivity contribution in [2.45, 2.75) is 26.9 Å². The summed E-state index contributed by atoms with van der Waals surface area (Å²) < 4.78 is 32.5. The van der Waals surface area contributed by atoms with Crippen LogP contribution in [0.2, 0.25) is 0 Å². The van der Waals surface area contributed by atoms with E-state index in [0.717, 1.165) is 26.2 Å². The zero-order chi connectivity index (χ0) is 15.7. The lowest BCUT2D eigenvalue weighted by Crippen LogP contribution is -2.43. The number of piperazine rings is 1. The topological polar surface area (TPSA) is 86.3 Å². The Morgan fingerprint density at radius 1 is 1.29 bits per heavy atom. The van der Waals surface area contributed by atoms with Crippen molar-refractivity contribution in [1.82, 2.24) is 10.2 Å². The van der Waals surface area contributed by atoms with Gasteiger partial charge in [-0.3, -0.25) is 14.0 Å². The summed E-state index contributed by atoms with van der Waals surface area (Å²) in [5, 5.41) is 3.21. The maximum absolute atomic E-state index is 12.5. The van der Waals surface area contributed by atoms with Crippen LogP contribution in [0.3, 0.4) is 0 Å². The number of hydrogen-bond acceptors (Lipinski definition) is 8. The monoisotopic (exact) mass is 324 g/mol. The van der Waals surface area contributed by atoms with Gasteiger partial charge in [0.25, 0.3) is 0 Å². The van der Waals surface area contributed by atoms with E-state index in [0.29, 0.717) is 0 Å². The summed E-state index contributed by atoms with van der Waals surface area (Å²) in [5.41, 5.74) is 0. The van der Waals surface area contributed by atoms with Gasteiger partial charge in [-0.25, -0.2) is 4.79 Å². The number of nitrogens with zero attached hydrogens (tertiary/aromatic N) is 1. The molecule has 1 aliphatic heterocycles. The Hall–Kier alpha value is -0.660. The number of carbonyl (C=O) groups is 1. The lowest BCUT2D eigenvalue weighted by Gasteiger charge is -2.29. The van der Waals surface area contributed by atoms with E-state index < -0.39 is 20.5 Å². The van der Waals surface area contributed by atoms with Gasteiger partial charge in [0.15, 0.2) is 0 Å². The molecule has 1 rings (SSSR count). The van der Waals surface area contributed by atoms with E-state index in [9.17, 15) is 9.36 Å². The first kappa shape index (κ1) is 18.4. The molecule has 124 valence electrons. The second kappa shape index (κ2) is 9.38. The zero-order valence-electron chi connectivity index (χ0n) is 12.9. The van der Waals surface area contributed by atoms with Crippen LogP contribution in [-0.4, -0.2) is 63.0 Å². The molecule has 9 heteroatoms. The van der Waals surface area contributed by atoms with Gasteiger partial charge in [0.1, 0.15) is 6.29 Å². The Morgan fingerprint density at radius 2 is 1.95 bits per heavy atom. The number of ether oxygens (including phenoxy) is 2. The summed E-state index contributed by atoms with van der Waals surface area (Å²) in [5.74, 6) is 0. The quantitative estimate of drug-likeness (QED) is 0.409. The van der Waals surface area contributed by atoms with Gasteiger partial charge in [-0.05, 0) is 20.8 Å². The highest BCUT2D eigenvalue weighted by Gasteiger charge is 2.29. The predicted octanol–water partition coefficient (Wildman–Crippen LogP) is 1.61. The Bertz CT molecular complexity index is 360. The van der Waals surface area contributed by atoms with Crippen LogP contribution >= 0.6 is 7.60 Å². The molecule has 0 aromatic rings. The van der Waals surface area contributed by atoms with Crippen LogP contribution in [0.5, 0.6) is 0 Å². The van der Waals surface area contributed by atoms with Crippen molar-refractivity contribution in [3.63, 3.8) is 0 Å². The molecule has 0 radical (unpaired) electrons. The van der Waals surface area contributed by atoms with Crippen LogP contribution in [-0.2, 0) is 23.1 Å². The maximum atomic E-state index is 12.5. The van der Waals surface area contributed by atoms with Crippen molar-refractivity contribution < 1.29 is 27.9 Å². The number of hydrogen-bond donors (Lipinski definition) is 1. The second-order valence-corrected chi connectivity index (χ2v) is 6.87. The molecule has 0 spiro atoms. The van der Waals surface area contributed by atoms with Gasteiger partial charge in [-0.2, -0.15) is 0 Å². The third kappa shape index (κ3) is 7.78. The van der Waals surface area contributed by atoms with Gasteiger partial charge in [0.2, 0.25) is 6.79 Å². The zero-order valence-corrected chi connectivity index (χ0v) is 13.8. The fourth-order valence-electron chi connectivity index (χ4n) is 1.79. The molecule has 21 heavy (non-hydrogen) atoms. The first-order chi connectivity index (χ1) is 9.95. The highest BCUT2D eigenvalue weighted by molar-refractivity contribution is 7.53. The van der Waals surface area contributed by atoms with Gasteiger partial charge in [-0.15, -0.1) is 0 Å². The van der Waals surface area contributed by atoms with Crippen LogP contribution < -0.4 is 5.32 Å². The van der Waals surface area contributed by atoms with E-state index in [-0.39, 0.29) is 19.0 Å². The molecule has 0 aromatic carbocycles. The lowest BCUT2D eigenvalue weighted by molar-refractivity contribution is -0.0137. The summed E-state index contributed by atoms with van der Waals surface area (Å²) in [4.78, 5) is 13.2. The van der Waals surface area contributed by atoms with Crippen molar-refractivity contribution in [3.05, 3.63) is 0 Å². The Kier molecular flexibility index (Phi) is 8.21. The van der Waals surface area contributed by atoms with E-state index in [4.69, 9.17) is 18.5 Å². The summed E-state index contributed by atoms with van der Waals surface area (Å²) in [6.45, 7) is 8.19. The van der Waals surface area contributed by atoms with Crippen molar-refractivity contribution in [1.29, 1.82) is 0 Å². The molecule has 1 unspecified atom stereocenters. The van der Waals surface area contributed by atoms with Crippen molar-refractivity contribution in [2.75, 3.05) is 45.9 Å². The Labute approximate surface area is 125 Å². The van der Waals surface area contributed by atoms with Gasteiger partial charge in [0, 0.05) is 26.2 Å². The summed E-state index contributed by atoms with van der Waals surface area (Å²) in [6, 6.07) is 0. The molecule has 1 saturated heterocycles. The number of rotatable bonds is 8. The molecule has 1 fully saturated rings. The minimum absolute atomic E-state index is 0.186. The SMILES string of the molecule is CCOP(=O)(CN1CCNCC1)OCOC(=O)OC(C)C. The first-order valence-corrected chi connectivity index (χ1v) is 8.82. The van der Waals surface area contributed by atoms with Crippen LogP contribution in [0.4, 0.5) is 4.79 Å². The van der Waals surface area contributed by atoms with Crippen LogP contribution in [0.25, 0.3) is 0 Å². The molecule has 1 N–H and O–H groups in total. The van der Waals surface area contributed by atoms with Crippen molar-refractivity contribution >= 4 is 13.8 Å². The highest BCUT2D eigenvalue weighted by atomic mass is 31.2. The number of nitrogens with one attached hydrogen (secondary N) is 1. The average Bonchev–Trinajstić information content (AvgIpc) is 2.39. The molecule has 1 aliphatic rings. The third-order valence-electron chi connectivity index (χ3n) is 2.67. The van der Waals surface area contributed by atoms with E-state index >= 15 is 0 Å². The van der Waals surface area contributed by atoms with Gasteiger partial charge in [-0.1, -0.05) is 0 Å². The van der Waals surface area contributed by atoms with E-state index in [1.165, 1.54) is 0 Å². The maximum Gasteiger partial charge on any atom is 0.510 e. The highest BCUT2D eigenvalue weighted by Crippen LogP contribution is 2.48. The molecular weight excluding hydrogens is 299 g/mol. The minimum atomic E-state index is -3.31. The molecule has 0 amide bonds. The normalized spacial score (nSPS) is 19.2. The van der Waals surface area contributed by atoms with Crippen molar-refractivity contribution in [2.24, 2.45) is 0 Å². The fourth-order valence-corrected chi connectivity index (χ4v) is 3.41. The molecule has 8 nitrogen and oxygen atoms in total. The van der Waals surface area contributed by atoms with Crippen molar-refractivity contribution in [3.8, 4) is 0 Å². The van der Waals surface area contributed by atoms with E-state index in [1.54, 1.807) is 20.8 Å². The van der Waals surface area contributed by atoms with Crippen LogP contribution in [0.1, 0.15) is 20.8 Å². The lowest BCUT2D eigenvalue weighted by atomic mass is 10.4. The molecule has 0 aromatic heterocycles. The largest absolute Gasteiger partial charge is 0.510 e. The first-order valence-electron chi connectivity index (χ1n) is 7.10. The van der Waals surface area contributed by atoms with Gasteiger partial charge >= 0.3 is 13.8 Å². The number of carbonyl (C=O) groups excluding carboxylic acids is 1. The fraction of sp³-hybridized carbons (Fsp3) is 0.917. The average molecular weight is 324 g/mol. The van der Waals surface area contributed by atoms with Crippen LogP contribution in [0, 0.1) is 0 Å². The third-order valence-corrected chi connectivity index (χ3v) is 4.56. The summed E-state index contributed by atoms with van der Waals surface area (Å²) in [7, 11) is -3.31. The second-order valence-electron chi connectivity index (χ2n) is 4.85. The van der Waals surface area contributed by atoms with Gasteiger partial charge in [0.05, 0.1) is 12.7 Å². The summed E-state index contributed by atoms with van der Waals surface area (Å²) >= 11 is 0. The molecular formula is C12H25N2O6P. The summed E-state index contributed by atoms with van der Waals surface area (Å²) in [6.07, 6.45) is -0.947. The molecule has 0 bridgehead atoms. The molecule has 0 saturated carbocycles. The minimum Gasteiger partial charge on any atom is -0.432 e. The molecule has 1 atom stereocenters. The standard InChI is InChI=1S/C12H25N2O6P/c1-4-18-21(16,9-14-7-5-13-6-8-14)19-10-17-12(15)20-11(2)3/h11,13H,4-10H2,1-3H3. The Morgan fingerprint density at radius 3 is 2.52 bits per heavy atom. The Balaban J connectivity index is 2.39.